The van der Waals surface area contributed by atoms with E-state index in [1.165, 1.54) is 37.0 Å². The molecule has 1 saturated heterocycles. The largest absolute Gasteiger partial charge is 0.355 e. The van der Waals surface area contributed by atoms with Crippen LogP contribution in [0.15, 0.2) is 40.2 Å². The van der Waals surface area contributed by atoms with Crippen LogP contribution < -0.4 is 10.6 Å². The Labute approximate surface area is 202 Å². The SMILES string of the molecule is CN=C(NCC1(Sc2ccccc2)CC1)NC1CCN(C(=O)C2CCCCC2)C1.I. The summed E-state index contributed by atoms with van der Waals surface area (Å²) in [4.78, 5) is 20.6. The van der Waals surface area contributed by atoms with E-state index in [0.29, 0.717) is 11.9 Å². The first kappa shape index (κ1) is 23.7. The highest BCUT2D eigenvalue weighted by molar-refractivity contribution is 14.0. The predicted molar refractivity (Wildman–Crippen MR) is 136 cm³/mol. The number of thioether (sulfide) groups is 1. The number of halogens is 1. The standard InChI is InChI=1S/C23H34N4OS.HI/c1-24-22(25-17-23(13-14-23)29-20-10-6-3-7-11-20)26-19-12-15-27(16-19)21(28)18-8-4-2-5-9-18;/h3,6-7,10-11,18-19H,2,4-5,8-9,12-17H2,1H3,(H2,24,25,26);1H. The minimum atomic E-state index is 0. The summed E-state index contributed by atoms with van der Waals surface area (Å²) in [7, 11) is 1.83. The molecular weight excluding hydrogens is 507 g/mol. The van der Waals surface area contributed by atoms with Crippen LogP contribution in [0, 0.1) is 5.92 Å². The second-order valence-electron chi connectivity index (χ2n) is 8.77. The van der Waals surface area contributed by atoms with Crippen LogP contribution >= 0.6 is 35.7 Å². The molecule has 166 valence electrons. The van der Waals surface area contributed by atoms with Crippen LogP contribution in [0.5, 0.6) is 0 Å². The lowest BCUT2D eigenvalue weighted by molar-refractivity contribution is -0.135. The number of hydrogen-bond acceptors (Lipinski definition) is 3. The first-order chi connectivity index (χ1) is 14.2. The lowest BCUT2D eigenvalue weighted by atomic mass is 9.88. The fraction of sp³-hybridized carbons (Fsp3) is 0.652. The molecule has 1 aromatic carbocycles. The molecule has 0 spiro atoms. The number of hydrogen-bond donors (Lipinski definition) is 2. The van der Waals surface area contributed by atoms with Crippen molar-refractivity contribution in [3.05, 3.63) is 30.3 Å². The summed E-state index contributed by atoms with van der Waals surface area (Å²) in [6.07, 6.45) is 9.36. The van der Waals surface area contributed by atoms with Gasteiger partial charge >= 0.3 is 0 Å². The number of guanidine groups is 1. The monoisotopic (exact) mass is 542 g/mol. The fourth-order valence-corrected chi connectivity index (χ4v) is 5.76. The maximum atomic E-state index is 12.8. The van der Waals surface area contributed by atoms with E-state index in [9.17, 15) is 4.79 Å². The summed E-state index contributed by atoms with van der Waals surface area (Å²) >= 11 is 1.97. The van der Waals surface area contributed by atoms with Crippen LogP contribution in [-0.4, -0.2) is 54.2 Å². The summed E-state index contributed by atoms with van der Waals surface area (Å²) in [5.74, 6) is 1.51. The Morgan fingerprint density at radius 3 is 2.57 bits per heavy atom. The molecule has 1 heterocycles. The third-order valence-electron chi connectivity index (χ3n) is 6.48. The Kier molecular flexibility index (Phi) is 8.74. The van der Waals surface area contributed by atoms with Crippen LogP contribution in [0.2, 0.25) is 0 Å². The van der Waals surface area contributed by atoms with Crippen molar-refractivity contribution < 1.29 is 4.79 Å². The van der Waals surface area contributed by atoms with Gasteiger partial charge < -0.3 is 15.5 Å². The predicted octanol–water partition coefficient (Wildman–Crippen LogP) is 4.28. The van der Waals surface area contributed by atoms with Gasteiger partial charge in [0, 0.05) is 48.3 Å². The molecule has 0 bridgehead atoms. The number of carbonyl (C=O) groups excluding carboxylic acids is 1. The number of nitrogens with zero attached hydrogens (tertiary/aromatic N) is 2. The molecule has 0 radical (unpaired) electrons. The molecule has 2 N–H and O–H groups in total. The number of amides is 1. The molecule has 3 fully saturated rings. The first-order valence-corrected chi connectivity index (χ1v) is 12.0. The van der Waals surface area contributed by atoms with Crippen molar-refractivity contribution in [2.24, 2.45) is 10.9 Å². The zero-order chi connectivity index (χ0) is 20.1. The Morgan fingerprint density at radius 2 is 1.90 bits per heavy atom. The molecule has 1 aromatic rings. The highest BCUT2D eigenvalue weighted by atomic mass is 127. The van der Waals surface area contributed by atoms with Crippen LogP contribution in [0.1, 0.15) is 51.4 Å². The Balaban J connectivity index is 0.00000256. The quantitative estimate of drug-likeness (QED) is 0.320. The van der Waals surface area contributed by atoms with Gasteiger partial charge in [-0.1, -0.05) is 37.5 Å². The number of benzene rings is 1. The average molecular weight is 543 g/mol. The van der Waals surface area contributed by atoms with E-state index < -0.39 is 0 Å². The van der Waals surface area contributed by atoms with Gasteiger partial charge in [0.15, 0.2) is 5.96 Å². The van der Waals surface area contributed by atoms with E-state index in [1.54, 1.807) is 0 Å². The van der Waals surface area contributed by atoms with Gasteiger partial charge in [0.25, 0.3) is 0 Å². The number of carbonyl (C=O) groups is 1. The third kappa shape index (κ3) is 6.28. The Morgan fingerprint density at radius 1 is 1.17 bits per heavy atom. The molecule has 4 rings (SSSR count). The fourth-order valence-electron chi connectivity index (χ4n) is 4.51. The van der Waals surface area contributed by atoms with Gasteiger partial charge in [-0.2, -0.15) is 0 Å². The number of nitrogens with one attached hydrogen (secondary N) is 2. The van der Waals surface area contributed by atoms with Crippen molar-refractivity contribution in [2.45, 2.75) is 67.1 Å². The van der Waals surface area contributed by atoms with Crippen molar-refractivity contribution in [3.8, 4) is 0 Å². The van der Waals surface area contributed by atoms with Gasteiger partial charge in [-0.15, -0.1) is 35.7 Å². The smallest absolute Gasteiger partial charge is 0.225 e. The summed E-state index contributed by atoms with van der Waals surface area (Å²) in [6.45, 7) is 2.60. The van der Waals surface area contributed by atoms with E-state index in [0.717, 1.165) is 44.9 Å². The lowest BCUT2D eigenvalue weighted by Gasteiger charge is -2.26. The summed E-state index contributed by atoms with van der Waals surface area (Å²) in [5.41, 5.74) is 0. The second kappa shape index (κ2) is 11.1. The Bertz CT molecular complexity index is 719. The zero-order valence-electron chi connectivity index (χ0n) is 17.9. The lowest BCUT2D eigenvalue weighted by Crippen LogP contribution is -2.47. The van der Waals surface area contributed by atoms with Crippen molar-refractivity contribution >= 4 is 47.6 Å². The zero-order valence-corrected chi connectivity index (χ0v) is 21.1. The molecule has 5 nitrogen and oxygen atoms in total. The molecule has 2 saturated carbocycles. The summed E-state index contributed by atoms with van der Waals surface area (Å²) in [6, 6.07) is 10.9. The molecule has 30 heavy (non-hydrogen) atoms. The molecule has 0 aromatic heterocycles. The van der Waals surface area contributed by atoms with Gasteiger partial charge in [-0.3, -0.25) is 9.79 Å². The first-order valence-electron chi connectivity index (χ1n) is 11.2. The number of rotatable bonds is 6. The highest BCUT2D eigenvalue weighted by Crippen LogP contribution is 2.51. The summed E-state index contributed by atoms with van der Waals surface area (Å²) in [5, 5.41) is 7.09. The van der Waals surface area contributed by atoms with Crippen LogP contribution in [-0.2, 0) is 4.79 Å². The summed E-state index contributed by atoms with van der Waals surface area (Å²) < 4.78 is 0.289. The van der Waals surface area contributed by atoms with Gasteiger partial charge in [0.1, 0.15) is 0 Å². The highest BCUT2D eigenvalue weighted by Gasteiger charge is 2.43. The van der Waals surface area contributed by atoms with E-state index >= 15 is 0 Å². The van der Waals surface area contributed by atoms with Crippen molar-refractivity contribution in [2.75, 3.05) is 26.7 Å². The second-order valence-corrected chi connectivity index (χ2v) is 10.3. The van der Waals surface area contributed by atoms with E-state index in [-0.39, 0.29) is 34.6 Å². The van der Waals surface area contributed by atoms with Gasteiger partial charge in [-0.05, 0) is 44.2 Å². The maximum Gasteiger partial charge on any atom is 0.225 e. The Hall–Kier alpha value is -0.960. The van der Waals surface area contributed by atoms with Crippen LogP contribution in [0.25, 0.3) is 0 Å². The normalized spacial score (nSPS) is 23.6. The molecule has 1 aliphatic heterocycles. The van der Waals surface area contributed by atoms with Crippen LogP contribution in [0.4, 0.5) is 0 Å². The van der Waals surface area contributed by atoms with Crippen molar-refractivity contribution in [1.29, 1.82) is 0 Å². The molecule has 1 atom stereocenters. The van der Waals surface area contributed by atoms with E-state index in [4.69, 9.17) is 0 Å². The van der Waals surface area contributed by atoms with E-state index in [1.807, 2.05) is 18.8 Å². The van der Waals surface area contributed by atoms with Gasteiger partial charge in [-0.25, -0.2) is 0 Å². The van der Waals surface area contributed by atoms with Gasteiger partial charge in [0.05, 0.1) is 0 Å². The van der Waals surface area contributed by atoms with Crippen molar-refractivity contribution in [1.82, 2.24) is 15.5 Å². The minimum absolute atomic E-state index is 0. The van der Waals surface area contributed by atoms with E-state index in [2.05, 4.69) is 50.9 Å². The van der Waals surface area contributed by atoms with Crippen molar-refractivity contribution in [3.63, 3.8) is 0 Å². The topological polar surface area (TPSA) is 56.7 Å². The molecule has 1 unspecified atom stereocenters. The number of aliphatic imine (C=N–C) groups is 1. The molecule has 2 aliphatic carbocycles. The maximum absolute atomic E-state index is 12.8. The number of likely N-dealkylation sites (tertiary alicyclic amines) is 1. The molecule has 7 heteroatoms. The van der Waals surface area contributed by atoms with Crippen LogP contribution in [0.3, 0.4) is 0 Å². The molecule has 3 aliphatic rings. The molecule has 1 amide bonds. The minimum Gasteiger partial charge on any atom is -0.355 e. The average Bonchev–Trinajstić information content (AvgIpc) is 3.37. The van der Waals surface area contributed by atoms with Gasteiger partial charge in [0.2, 0.25) is 5.91 Å². The third-order valence-corrected chi connectivity index (χ3v) is 7.98. The molecular formula is C23H35IN4OS.